The second-order valence-electron chi connectivity index (χ2n) is 3.76. The third kappa shape index (κ3) is 1.46. The highest BCUT2D eigenvalue weighted by Gasteiger charge is 2.39. The van der Waals surface area contributed by atoms with Crippen molar-refractivity contribution in [2.45, 2.75) is 37.7 Å². The zero-order chi connectivity index (χ0) is 8.44. The molecule has 0 aromatic carbocycles. The highest BCUT2D eigenvalue weighted by molar-refractivity contribution is 5.72. The van der Waals surface area contributed by atoms with E-state index in [9.17, 15) is 4.79 Å². The lowest BCUT2D eigenvalue weighted by Gasteiger charge is -2.25. The van der Waals surface area contributed by atoms with Gasteiger partial charge in [-0.2, -0.15) is 0 Å². The largest absolute Gasteiger partial charge is 0.459 e. The van der Waals surface area contributed by atoms with E-state index in [2.05, 4.69) is 5.32 Å². The van der Waals surface area contributed by atoms with Crippen LogP contribution in [0.2, 0.25) is 0 Å². The molecule has 0 radical (unpaired) electrons. The lowest BCUT2D eigenvalue weighted by atomic mass is 9.92. The average Bonchev–Trinajstić information content (AvgIpc) is 2.30. The second kappa shape index (κ2) is 3.05. The van der Waals surface area contributed by atoms with Crippen LogP contribution in [-0.2, 0) is 9.53 Å². The predicted molar refractivity (Wildman–Crippen MR) is 44.8 cm³/mol. The van der Waals surface area contributed by atoms with Gasteiger partial charge in [-0.1, -0.05) is 0 Å². The van der Waals surface area contributed by atoms with E-state index in [1.165, 1.54) is 0 Å². The summed E-state index contributed by atoms with van der Waals surface area (Å²) in [4.78, 5) is 11.0. The van der Waals surface area contributed by atoms with Crippen molar-refractivity contribution in [2.75, 3.05) is 13.1 Å². The fourth-order valence-electron chi connectivity index (χ4n) is 2.13. The van der Waals surface area contributed by atoms with Crippen LogP contribution in [0.3, 0.4) is 0 Å². The summed E-state index contributed by atoms with van der Waals surface area (Å²) in [6, 6.07) is 0. The molecule has 1 atom stereocenters. The summed E-state index contributed by atoms with van der Waals surface area (Å²) in [6.45, 7) is 2.06. The molecule has 0 saturated carbocycles. The van der Waals surface area contributed by atoms with Crippen molar-refractivity contribution in [2.24, 2.45) is 0 Å². The van der Waals surface area contributed by atoms with Crippen LogP contribution in [0.4, 0.5) is 0 Å². The first-order chi connectivity index (χ1) is 5.81. The molecule has 0 aromatic heterocycles. The van der Waals surface area contributed by atoms with Gasteiger partial charge in [0.15, 0.2) is 0 Å². The maximum absolute atomic E-state index is 11.0. The minimum absolute atomic E-state index is 0.00287. The number of carbonyl (C=O) groups excluding carboxylic acids is 1. The SMILES string of the molecule is O=C1CCC2(CCCNCC2)O1. The van der Waals surface area contributed by atoms with Gasteiger partial charge in [-0.3, -0.25) is 4.79 Å². The monoisotopic (exact) mass is 169 g/mol. The van der Waals surface area contributed by atoms with Crippen LogP contribution < -0.4 is 5.32 Å². The molecular weight excluding hydrogens is 154 g/mol. The molecule has 1 unspecified atom stereocenters. The van der Waals surface area contributed by atoms with Gasteiger partial charge < -0.3 is 10.1 Å². The molecular formula is C9H15NO2. The van der Waals surface area contributed by atoms with Crippen molar-refractivity contribution < 1.29 is 9.53 Å². The van der Waals surface area contributed by atoms with E-state index in [1.807, 2.05) is 0 Å². The van der Waals surface area contributed by atoms with E-state index in [1.54, 1.807) is 0 Å². The number of carbonyl (C=O) groups is 1. The van der Waals surface area contributed by atoms with Gasteiger partial charge in [0.2, 0.25) is 0 Å². The van der Waals surface area contributed by atoms with Crippen LogP contribution in [-0.4, -0.2) is 24.7 Å². The molecule has 2 fully saturated rings. The Hall–Kier alpha value is -0.570. The molecule has 0 bridgehead atoms. The molecule has 12 heavy (non-hydrogen) atoms. The Morgan fingerprint density at radius 3 is 2.92 bits per heavy atom. The minimum Gasteiger partial charge on any atom is -0.459 e. The smallest absolute Gasteiger partial charge is 0.306 e. The Kier molecular flexibility index (Phi) is 2.05. The Labute approximate surface area is 72.5 Å². The molecule has 68 valence electrons. The number of rotatable bonds is 0. The topological polar surface area (TPSA) is 38.3 Å². The van der Waals surface area contributed by atoms with Crippen molar-refractivity contribution in [3.05, 3.63) is 0 Å². The molecule has 3 nitrogen and oxygen atoms in total. The molecule has 2 saturated heterocycles. The summed E-state index contributed by atoms with van der Waals surface area (Å²) >= 11 is 0. The zero-order valence-corrected chi connectivity index (χ0v) is 7.27. The summed E-state index contributed by atoms with van der Waals surface area (Å²) in [5.41, 5.74) is -0.0828. The van der Waals surface area contributed by atoms with E-state index in [0.29, 0.717) is 6.42 Å². The third-order valence-electron chi connectivity index (χ3n) is 2.86. The molecule has 0 aromatic rings. The number of esters is 1. The highest BCUT2D eigenvalue weighted by Crippen LogP contribution is 2.34. The normalized spacial score (nSPS) is 36.5. The lowest BCUT2D eigenvalue weighted by Crippen LogP contribution is -2.29. The van der Waals surface area contributed by atoms with Crippen molar-refractivity contribution in [1.82, 2.24) is 5.32 Å². The zero-order valence-electron chi connectivity index (χ0n) is 7.27. The first kappa shape index (κ1) is 8.05. The van der Waals surface area contributed by atoms with Crippen LogP contribution in [0.25, 0.3) is 0 Å². The lowest BCUT2D eigenvalue weighted by molar-refractivity contribution is -0.149. The van der Waals surface area contributed by atoms with Gasteiger partial charge in [-0.05, 0) is 38.8 Å². The maximum atomic E-state index is 11.0. The van der Waals surface area contributed by atoms with Gasteiger partial charge >= 0.3 is 5.97 Å². The Morgan fingerprint density at radius 2 is 2.17 bits per heavy atom. The Balaban J connectivity index is 2.03. The highest BCUT2D eigenvalue weighted by atomic mass is 16.6. The van der Waals surface area contributed by atoms with Crippen molar-refractivity contribution in [3.63, 3.8) is 0 Å². The van der Waals surface area contributed by atoms with Crippen molar-refractivity contribution in [1.29, 1.82) is 0 Å². The Morgan fingerprint density at radius 1 is 1.25 bits per heavy atom. The molecule has 2 rings (SSSR count). The van der Waals surface area contributed by atoms with E-state index >= 15 is 0 Å². The van der Waals surface area contributed by atoms with E-state index in [-0.39, 0.29) is 11.6 Å². The summed E-state index contributed by atoms with van der Waals surface area (Å²) in [5, 5.41) is 3.32. The molecule has 3 heteroatoms. The van der Waals surface area contributed by atoms with Gasteiger partial charge in [0.05, 0.1) is 0 Å². The van der Waals surface area contributed by atoms with Crippen LogP contribution >= 0.6 is 0 Å². The van der Waals surface area contributed by atoms with Crippen LogP contribution in [0.5, 0.6) is 0 Å². The first-order valence-electron chi connectivity index (χ1n) is 4.73. The number of hydrogen-bond acceptors (Lipinski definition) is 3. The second-order valence-corrected chi connectivity index (χ2v) is 3.76. The fraction of sp³-hybridized carbons (Fsp3) is 0.889. The average molecular weight is 169 g/mol. The Bertz CT molecular complexity index is 183. The van der Waals surface area contributed by atoms with Crippen LogP contribution in [0.1, 0.15) is 32.1 Å². The van der Waals surface area contributed by atoms with Gasteiger partial charge in [0, 0.05) is 6.42 Å². The molecule has 2 aliphatic heterocycles. The number of nitrogens with one attached hydrogen (secondary N) is 1. The van der Waals surface area contributed by atoms with Crippen molar-refractivity contribution in [3.8, 4) is 0 Å². The summed E-state index contributed by atoms with van der Waals surface area (Å²) in [5.74, 6) is -0.00287. The molecule has 2 heterocycles. The molecule has 0 aliphatic carbocycles. The third-order valence-corrected chi connectivity index (χ3v) is 2.86. The molecule has 1 spiro atoms. The standard InChI is InChI=1S/C9H15NO2/c11-8-2-4-9(12-8)3-1-6-10-7-5-9/h10H,1-7H2. The van der Waals surface area contributed by atoms with Crippen LogP contribution in [0.15, 0.2) is 0 Å². The van der Waals surface area contributed by atoms with Gasteiger partial charge in [-0.15, -0.1) is 0 Å². The quantitative estimate of drug-likeness (QED) is 0.546. The maximum Gasteiger partial charge on any atom is 0.306 e. The summed E-state index contributed by atoms with van der Waals surface area (Å²) in [6.07, 6.45) is 4.74. The van der Waals surface area contributed by atoms with E-state index in [0.717, 1.165) is 38.8 Å². The first-order valence-corrected chi connectivity index (χ1v) is 4.73. The minimum atomic E-state index is -0.0828. The van der Waals surface area contributed by atoms with E-state index in [4.69, 9.17) is 4.74 Å². The molecule has 1 N–H and O–H groups in total. The summed E-state index contributed by atoms with van der Waals surface area (Å²) in [7, 11) is 0. The van der Waals surface area contributed by atoms with Crippen LogP contribution in [0, 0.1) is 0 Å². The van der Waals surface area contributed by atoms with Gasteiger partial charge in [0.1, 0.15) is 5.60 Å². The molecule has 2 aliphatic rings. The number of hydrogen-bond donors (Lipinski definition) is 1. The predicted octanol–water partition coefficient (Wildman–Crippen LogP) is 0.836. The number of ether oxygens (including phenoxy) is 1. The summed E-state index contributed by atoms with van der Waals surface area (Å²) < 4.78 is 5.39. The van der Waals surface area contributed by atoms with Gasteiger partial charge in [0.25, 0.3) is 0 Å². The van der Waals surface area contributed by atoms with Crippen molar-refractivity contribution >= 4 is 5.97 Å². The van der Waals surface area contributed by atoms with E-state index < -0.39 is 0 Å². The molecule has 0 amide bonds. The van der Waals surface area contributed by atoms with Gasteiger partial charge in [-0.25, -0.2) is 0 Å². The fourth-order valence-corrected chi connectivity index (χ4v) is 2.13.